The number of hydrogen-bond acceptors (Lipinski definition) is 1. The van der Waals surface area contributed by atoms with E-state index in [0.29, 0.717) is 11.3 Å². The largest absolute Gasteiger partial charge is 0.481 e. The van der Waals surface area contributed by atoms with Gasteiger partial charge in [-0.25, -0.2) is 0 Å². The maximum absolute atomic E-state index is 11.2. The first-order valence-corrected chi connectivity index (χ1v) is 7.23. The second-order valence-electron chi connectivity index (χ2n) is 7.20. The van der Waals surface area contributed by atoms with Crippen LogP contribution in [-0.2, 0) is 4.79 Å². The van der Waals surface area contributed by atoms with E-state index in [-0.39, 0.29) is 5.92 Å². The van der Waals surface area contributed by atoms with Crippen molar-refractivity contribution < 1.29 is 9.90 Å². The van der Waals surface area contributed by atoms with Gasteiger partial charge in [-0.2, -0.15) is 0 Å². The van der Waals surface area contributed by atoms with Gasteiger partial charge in [-0.05, 0) is 67.6 Å². The van der Waals surface area contributed by atoms with Crippen LogP contribution in [0.5, 0.6) is 0 Å². The first kappa shape index (κ1) is 11.6. The van der Waals surface area contributed by atoms with Crippen LogP contribution in [0.25, 0.3) is 0 Å². The number of aliphatic carboxylic acids is 1. The van der Waals surface area contributed by atoms with Crippen molar-refractivity contribution in [3.05, 3.63) is 0 Å². The van der Waals surface area contributed by atoms with Crippen molar-refractivity contribution in [1.82, 2.24) is 0 Å². The third-order valence-electron chi connectivity index (χ3n) is 6.19. The minimum absolute atomic E-state index is 0.175. The van der Waals surface area contributed by atoms with E-state index >= 15 is 0 Å². The molecule has 4 saturated carbocycles. The van der Waals surface area contributed by atoms with Crippen molar-refractivity contribution in [2.24, 2.45) is 35.0 Å². The topological polar surface area (TPSA) is 37.3 Å². The summed E-state index contributed by atoms with van der Waals surface area (Å²) in [4.78, 5) is 11.2. The highest BCUT2D eigenvalue weighted by atomic mass is 16.4. The van der Waals surface area contributed by atoms with E-state index in [9.17, 15) is 9.90 Å². The van der Waals surface area contributed by atoms with Crippen molar-refractivity contribution in [3.8, 4) is 0 Å². The average Bonchev–Trinajstić information content (AvgIpc) is 2.25. The molecule has 4 aliphatic rings. The van der Waals surface area contributed by atoms with Gasteiger partial charge in [-0.15, -0.1) is 0 Å². The van der Waals surface area contributed by atoms with Crippen molar-refractivity contribution in [2.45, 2.75) is 52.4 Å². The van der Waals surface area contributed by atoms with Gasteiger partial charge in [0.2, 0.25) is 0 Å². The Balaban J connectivity index is 1.84. The molecule has 4 rings (SSSR count). The van der Waals surface area contributed by atoms with Crippen LogP contribution in [0, 0.1) is 35.0 Å². The molecule has 4 fully saturated rings. The molecule has 0 radical (unpaired) electrons. The van der Waals surface area contributed by atoms with Gasteiger partial charge in [0, 0.05) is 0 Å². The maximum Gasteiger partial charge on any atom is 0.306 e. The lowest BCUT2D eigenvalue weighted by molar-refractivity contribution is -0.150. The van der Waals surface area contributed by atoms with Crippen LogP contribution in [0.3, 0.4) is 0 Å². The summed E-state index contributed by atoms with van der Waals surface area (Å²) >= 11 is 0. The summed E-state index contributed by atoms with van der Waals surface area (Å²) < 4.78 is 0. The number of carboxylic acid groups (broad SMARTS) is 1. The lowest BCUT2D eigenvalue weighted by Gasteiger charge is -2.59. The zero-order chi connectivity index (χ0) is 12.2. The van der Waals surface area contributed by atoms with Crippen LogP contribution in [0.1, 0.15) is 52.4 Å². The first-order chi connectivity index (χ1) is 8.00. The molecule has 0 heterocycles. The molecule has 0 aromatic carbocycles. The smallest absolute Gasteiger partial charge is 0.306 e. The molecule has 0 saturated heterocycles. The summed E-state index contributed by atoms with van der Waals surface area (Å²) in [5.41, 5.74) is 0.382. The summed E-state index contributed by atoms with van der Waals surface area (Å²) in [5, 5.41) is 9.25. The molecule has 2 nitrogen and oxygen atoms in total. The molecule has 0 aromatic rings. The quantitative estimate of drug-likeness (QED) is 0.813. The average molecular weight is 236 g/mol. The van der Waals surface area contributed by atoms with E-state index in [1.165, 1.54) is 38.5 Å². The van der Waals surface area contributed by atoms with Crippen molar-refractivity contribution in [2.75, 3.05) is 0 Å². The van der Waals surface area contributed by atoms with Gasteiger partial charge >= 0.3 is 5.97 Å². The Bertz CT molecular complexity index is 299. The predicted molar refractivity (Wildman–Crippen MR) is 66.6 cm³/mol. The lowest BCUT2D eigenvalue weighted by Crippen LogP contribution is -2.50. The molecule has 4 aliphatic carbocycles. The standard InChI is InChI=1S/C15H24O2/c1-9(14(16)17)10(2)15-6-11-3-12(7-15)5-13(4-11)8-15/h9-13H,3-8H2,1-2H3,(H,16,17). The zero-order valence-electron chi connectivity index (χ0n) is 11.0. The summed E-state index contributed by atoms with van der Waals surface area (Å²) in [7, 11) is 0. The van der Waals surface area contributed by atoms with Gasteiger partial charge in [-0.3, -0.25) is 4.79 Å². The molecule has 0 aromatic heterocycles. The minimum Gasteiger partial charge on any atom is -0.481 e. The fourth-order valence-electron chi connectivity index (χ4n) is 5.48. The highest BCUT2D eigenvalue weighted by molar-refractivity contribution is 5.70. The van der Waals surface area contributed by atoms with E-state index in [0.717, 1.165) is 17.8 Å². The van der Waals surface area contributed by atoms with Gasteiger partial charge < -0.3 is 5.11 Å². The molecule has 0 spiro atoms. The Morgan fingerprint density at radius 3 is 1.82 bits per heavy atom. The molecule has 1 N–H and O–H groups in total. The summed E-state index contributed by atoms with van der Waals surface area (Å²) in [6, 6.07) is 0. The van der Waals surface area contributed by atoms with Gasteiger partial charge in [0.05, 0.1) is 5.92 Å². The van der Waals surface area contributed by atoms with Gasteiger partial charge in [0.1, 0.15) is 0 Å². The molecular weight excluding hydrogens is 212 g/mol. The molecule has 2 atom stereocenters. The van der Waals surface area contributed by atoms with Crippen molar-refractivity contribution in [1.29, 1.82) is 0 Å². The fraction of sp³-hybridized carbons (Fsp3) is 0.933. The van der Waals surface area contributed by atoms with Crippen LogP contribution in [-0.4, -0.2) is 11.1 Å². The first-order valence-electron chi connectivity index (χ1n) is 7.23. The third-order valence-corrected chi connectivity index (χ3v) is 6.19. The number of carbonyl (C=O) groups is 1. The maximum atomic E-state index is 11.2. The summed E-state index contributed by atoms with van der Waals surface area (Å²) in [5.74, 6) is 2.34. The number of hydrogen-bond donors (Lipinski definition) is 1. The molecule has 2 heteroatoms. The van der Waals surface area contributed by atoms with Crippen LogP contribution in [0.15, 0.2) is 0 Å². The normalized spacial score (nSPS) is 46.8. The van der Waals surface area contributed by atoms with E-state index in [2.05, 4.69) is 6.92 Å². The fourth-order valence-corrected chi connectivity index (χ4v) is 5.48. The highest BCUT2D eigenvalue weighted by Crippen LogP contribution is 2.63. The van der Waals surface area contributed by atoms with Crippen LogP contribution in [0.2, 0.25) is 0 Å². The predicted octanol–water partition coefficient (Wildman–Crippen LogP) is 3.56. The SMILES string of the molecule is CC(C(=O)O)C(C)C12CC3CC(CC(C3)C1)C2. The molecule has 4 bridgehead atoms. The van der Waals surface area contributed by atoms with E-state index in [4.69, 9.17) is 0 Å². The van der Waals surface area contributed by atoms with Crippen molar-refractivity contribution >= 4 is 5.97 Å². The van der Waals surface area contributed by atoms with Crippen LogP contribution >= 0.6 is 0 Å². The van der Waals surface area contributed by atoms with E-state index in [1.807, 2.05) is 6.92 Å². The third kappa shape index (κ3) is 1.71. The van der Waals surface area contributed by atoms with Gasteiger partial charge in [-0.1, -0.05) is 13.8 Å². The van der Waals surface area contributed by atoms with E-state index < -0.39 is 5.97 Å². The summed E-state index contributed by atoms with van der Waals surface area (Å²) in [6.07, 6.45) is 8.27. The molecule has 0 aliphatic heterocycles. The molecule has 17 heavy (non-hydrogen) atoms. The monoisotopic (exact) mass is 236 g/mol. The Morgan fingerprint density at radius 2 is 1.47 bits per heavy atom. The van der Waals surface area contributed by atoms with Gasteiger partial charge in [0.25, 0.3) is 0 Å². The Hall–Kier alpha value is -0.530. The second-order valence-corrected chi connectivity index (χ2v) is 7.20. The van der Waals surface area contributed by atoms with E-state index in [1.54, 1.807) is 0 Å². The Morgan fingerprint density at radius 1 is 1.06 bits per heavy atom. The summed E-state index contributed by atoms with van der Waals surface area (Å²) in [6.45, 7) is 4.11. The Kier molecular flexibility index (Phi) is 2.53. The highest BCUT2D eigenvalue weighted by Gasteiger charge is 2.54. The van der Waals surface area contributed by atoms with Crippen LogP contribution < -0.4 is 0 Å². The molecule has 0 amide bonds. The second kappa shape index (κ2) is 3.73. The number of carboxylic acids is 1. The minimum atomic E-state index is -0.603. The van der Waals surface area contributed by atoms with Crippen LogP contribution in [0.4, 0.5) is 0 Å². The van der Waals surface area contributed by atoms with Crippen molar-refractivity contribution in [3.63, 3.8) is 0 Å². The number of rotatable bonds is 3. The zero-order valence-corrected chi connectivity index (χ0v) is 11.0. The lowest BCUT2D eigenvalue weighted by atomic mass is 9.45. The molecule has 96 valence electrons. The molecular formula is C15H24O2. The van der Waals surface area contributed by atoms with Gasteiger partial charge in [0.15, 0.2) is 0 Å². The Labute approximate surface area is 104 Å². The molecule has 2 unspecified atom stereocenters.